The molecule has 0 atom stereocenters. The SMILES string of the molecule is CCCCOc1ccc(-c2ncc(Br)cn2)cn1. The molecule has 0 radical (unpaired) electrons. The molecule has 2 aromatic rings. The van der Waals surface area contributed by atoms with E-state index < -0.39 is 0 Å². The van der Waals surface area contributed by atoms with Crippen LogP contribution in [0.5, 0.6) is 5.88 Å². The first kappa shape index (κ1) is 13.0. The number of nitrogens with zero attached hydrogens (tertiary/aromatic N) is 3. The van der Waals surface area contributed by atoms with Crippen LogP contribution in [0.3, 0.4) is 0 Å². The molecule has 0 aliphatic heterocycles. The summed E-state index contributed by atoms with van der Waals surface area (Å²) in [6.07, 6.45) is 7.32. The van der Waals surface area contributed by atoms with Crippen molar-refractivity contribution in [3.63, 3.8) is 0 Å². The highest BCUT2D eigenvalue weighted by atomic mass is 79.9. The third-order valence-corrected chi connectivity index (χ3v) is 2.77. The maximum Gasteiger partial charge on any atom is 0.213 e. The molecule has 0 aliphatic carbocycles. The van der Waals surface area contributed by atoms with Crippen molar-refractivity contribution in [2.24, 2.45) is 0 Å². The molecule has 4 nitrogen and oxygen atoms in total. The van der Waals surface area contributed by atoms with Crippen molar-refractivity contribution in [2.75, 3.05) is 6.61 Å². The molecule has 0 saturated carbocycles. The molecule has 0 unspecified atom stereocenters. The molecule has 0 saturated heterocycles. The van der Waals surface area contributed by atoms with E-state index in [2.05, 4.69) is 37.8 Å². The van der Waals surface area contributed by atoms with Crippen molar-refractivity contribution in [3.05, 3.63) is 35.2 Å². The van der Waals surface area contributed by atoms with Gasteiger partial charge in [0, 0.05) is 30.2 Å². The van der Waals surface area contributed by atoms with Crippen LogP contribution in [0.15, 0.2) is 35.2 Å². The summed E-state index contributed by atoms with van der Waals surface area (Å²) < 4.78 is 6.36. The lowest BCUT2D eigenvalue weighted by Crippen LogP contribution is -1.98. The Morgan fingerprint density at radius 2 is 1.89 bits per heavy atom. The number of aromatic nitrogens is 3. The summed E-state index contributed by atoms with van der Waals surface area (Å²) in [5.74, 6) is 1.30. The predicted molar refractivity (Wildman–Crippen MR) is 73.4 cm³/mol. The molecular weight excluding hydrogens is 294 g/mol. The van der Waals surface area contributed by atoms with E-state index >= 15 is 0 Å². The Morgan fingerprint density at radius 3 is 2.50 bits per heavy atom. The Morgan fingerprint density at radius 1 is 1.11 bits per heavy atom. The van der Waals surface area contributed by atoms with Gasteiger partial charge in [0.05, 0.1) is 11.1 Å². The molecule has 0 amide bonds. The largest absolute Gasteiger partial charge is 0.478 e. The maximum atomic E-state index is 5.50. The third kappa shape index (κ3) is 3.50. The van der Waals surface area contributed by atoms with Gasteiger partial charge in [0.2, 0.25) is 5.88 Å². The molecule has 0 aliphatic rings. The van der Waals surface area contributed by atoms with Crippen molar-refractivity contribution in [1.82, 2.24) is 15.0 Å². The van der Waals surface area contributed by atoms with Crippen molar-refractivity contribution < 1.29 is 4.74 Å². The van der Waals surface area contributed by atoms with E-state index in [4.69, 9.17) is 4.74 Å². The van der Waals surface area contributed by atoms with Crippen LogP contribution in [0.2, 0.25) is 0 Å². The number of hydrogen-bond acceptors (Lipinski definition) is 4. The van der Waals surface area contributed by atoms with Gasteiger partial charge in [-0.2, -0.15) is 0 Å². The molecule has 2 heterocycles. The van der Waals surface area contributed by atoms with Gasteiger partial charge in [0.15, 0.2) is 5.82 Å². The second kappa shape index (κ2) is 6.44. The van der Waals surface area contributed by atoms with Crippen LogP contribution in [0, 0.1) is 0 Å². The molecule has 0 bridgehead atoms. The Kier molecular flexibility index (Phi) is 4.64. The van der Waals surface area contributed by atoms with Crippen LogP contribution in [0.4, 0.5) is 0 Å². The minimum atomic E-state index is 0.643. The van der Waals surface area contributed by atoms with E-state index in [1.165, 1.54) is 0 Å². The average molecular weight is 308 g/mol. The summed E-state index contributed by atoms with van der Waals surface area (Å²) in [5.41, 5.74) is 0.880. The molecule has 5 heteroatoms. The molecule has 18 heavy (non-hydrogen) atoms. The summed E-state index contributed by atoms with van der Waals surface area (Å²) in [6, 6.07) is 3.76. The Hall–Kier alpha value is -1.49. The second-order valence-electron chi connectivity index (χ2n) is 3.81. The van der Waals surface area contributed by atoms with E-state index in [9.17, 15) is 0 Å². The number of rotatable bonds is 5. The maximum absolute atomic E-state index is 5.50. The normalized spacial score (nSPS) is 10.3. The smallest absolute Gasteiger partial charge is 0.213 e. The van der Waals surface area contributed by atoms with Crippen molar-refractivity contribution >= 4 is 15.9 Å². The van der Waals surface area contributed by atoms with E-state index in [1.807, 2.05) is 12.1 Å². The topological polar surface area (TPSA) is 47.9 Å². The van der Waals surface area contributed by atoms with Crippen LogP contribution in [0.1, 0.15) is 19.8 Å². The first-order chi connectivity index (χ1) is 8.79. The van der Waals surface area contributed by atoms with Gasteiger partial charge in [-0.05, 0) is 28.4 Å². The molecule has 0 aromatic carbocycles. The minimum absolute atomic E-state index is 0.643. The van der Waals surface area contributed by atoms with Crippen LogP contribution >= 0.6 is 15.9 Å². The van der Waals surface area contributed by atoms with Crippen molar-refractivity contribution in [2.45, 2.75) is 19.8 Å². The molecule has 2 rings (SSSR count). The number of unbranched alkanes of at least 4 members (excludes halogenated alkanes) is 1. The molecule has 0 spiro atoms. The number of halogens is 1. The van der Waals surface area contributed by atoms with Gasteiger partial charge in [-0.15, -0.1) is 0 Å². The lowest BCUT2D eigenvalue weighted by molar-refractivity contribution is 0.298. The zero-order valence-corrected chi connectivity index (χ0v) is 11.7. The second-order valence-corrected chi connectivity index (χ2v) is 4.73. The number of pyridine rings is 1. The first-order valence-corrected chi connectivity index (χ1v) is 6.65. The summed E-state index contributed by atoms with van der Waals surface area (Å²) in [5, 5.41) is 0. The minimum Gasteiger partial charge on any atom is -0.478 e. The van der Waals surface area contributed by atoms with E-state index in [0.29, 0.717) is 18.3 Å². The zero-order chi connectivity index (χ0) is 12.8. The molecule has 94 valence electrons. The fourth-order valence-corrected chi connectivity index (χ4v) is 1.59. The number of ether oxygens (including phenoxy) is 1. The fourth-order valence-electron chi connectivity index (χ4n) is 1.38. The highest BCUT2D eigenvalue weighted by Gasteiger charge is 2.02. The van der Waals surface area contributed by atoms with E-state index in [0.717, 1.165) is 22.9 Å². The van der Waals surface area contributed by atoms with Gasteiger partial charge < -0.3 is 4.74 Å². The zero-order valence-electron chi connectivity index (χ0n) is 10.1. The lowest BCUT2D eigenvalue weighted by Gasteiger charge is -2.04. The first-order valence-electron chi connectivity index (χ1n) is 5.86. The van der Waals surface area contributed by atoms with Crippen LogP contribution in [0.25, 0.3) is 11.4 Å². The average Bonchev–Trinajstić information content (AvgIpc) is 2.41. The molecular formula is C13H14BrN3O. The Labute approximate surface area is 115 Å². The Balaban J connectivity index is 2.05. The van der Waals surface area contributed by atoms with E-state index in [-0.39, 0.29) is 0 Å². The third-order valence-electron chi connectivity index (χ3n) is 2.36. The lowest BCUT2D eigenvalue weighted by atomic mass is 10.2. The monoisotopic (exact) mass is 307 g/mol. The summed E-state index contributed by atoms with van der Waals surface area (Å²) in [7, 11) is 0. The fraction of sp³-hybridized carbons (Fsp3) is 0.308. The molecule has 0 N–H and O–H groups in total. The van der Waals surface area contributed by atoms with Gasteiger partial charge in [-0.25, -0.2) is 15.0 Å². The quantitative estimate of drug-likeness (QED) is 0.793. The molecule has 2 aromatic heterocycles. The van der Waals surface area contributed by atoms with Gasteiger partial charge >= 0.3 is 0 Å². The van der Waals surface area contributed by atoms with E-state index in [1.54, 1.807) is 18.6 Å². The Bertz CT molecular complexity index is 485. The van der Waals surface area contributed by atoms with Gasteiger partial charge in [0.25, 0.3) is 0 Å². The van der Waals surface area contributed by atoms with Gasteiger partial charge in [-0.3, -0.25) is 0 Å². The van der Waals surface area contributed by atoms with Crippen LogP contribution in [-0.2, 0) is 0 Å². The summed E-state index contributed by atoms with van der Waals surface area (Å²) >= 11 is 3.30. The number of hydrogen-bond donors (Lipinski definition) is 0. The molecule has 0 fully saturated rings. The van der Waals surface area contributed by atoms with Crippen molar-refractivity contribution in [1.29, 1.82) is 0 Å². The van der Waals surface area contributed by atoms with Gasteiger partial charge in [0.1, 0.15) is 0 Å². The summed E-state index contributed by atoms with van der Waals surface area (Å²) in [4.78, 5) is 12.7. The summed E-state index contributed by atoms with van der Waals surface area (Å²) in [6.45, 7) is 2.84. The van der Waals surface area contributed by atoms with Gasteiger partial charge in [-0.1, -0.05) is 13.3 Å². The van der Waals surface area contributed by atoms with Crippen LogP contribution in [-0.4, -0.2) is 21.6 Å². The highest BCUT2D eigenvalue weighted by molar-refractivity contribution is 9.10. The highest BCUT2D eigenvalue weighted by Crippen LogP contribution is 2.17. The standard InChI is InChI=1S/C13H14BrN3O/c1-2-3-6-18-12-5-4-10(7-15-12)13-16-8-11(14)9-17-13/h4-5,7-9H,2-3,6H2,1H3. The van der Waals surface area contributed by atoms with Crippen molar-refractivity contribution in [3.8, 4) is 17.3 Å². The van der Waals surface area contributed by atoms with Crippen LogP contribution < -0.4 is 4.74 Å². The predicted octanol–water partition coefficient (Wildman–Crippen LogP) is 3.48.